The number of benzene rings is 1. The van der Waals surface area contributed by atoms with Gasteiger partial charge in [-0.1, -0.05) is 18.2 Å². The largest absolute Gasteiger partial charge is 0.352 e. The molecule has 1 aliphatic heterocycles. The number of aromatic nitrogens is 2. The van der Waals surface area contributed by atoms with E-state index in [4.69, 9.17) is 0 Å². The number of hydrogen-bond acceptors (Lipinski definition) is 5. The van der Waals surface area contributed by atoms with E-state index >= 15 is 0 Å². The van der Waals surface area contributed by atoms with E-state index < -0.39 is 0 Å². The molecule has 1 fully saturated rings. The zero-order chi connectivity index (χ0) is 21.2. The van der Waals surface area contributed by atoms with Crippen molar-refractivity contribution < 1.29 is 9.59 Å². The van der Waals surface area contributed by atoms with Crippen LogP contribution in [0.1, 0.15) is 46.2 Å². The Labute approximate surface area is 169 Å². The molecule has 2 heterocycles. The normalized spacial score (nSPS) is 18.3. The Morgan fingerprint density at radius 2 is 1.69 bits per heavy atom. The van der Waals surface area contributed by atoms with Gasteiger partial charge in [0.2, 0.25) is 11.8 Å². The smallest absolute Gasteiger partial charge is 0.272 e. The Balaban J connectivity index is 1.55. The fraction of sp³-hybridized carbons (Fsp3) is 0.524. The first-order valence-electron chi connectivity index (χ1n) is 9.86. The summed E-state index contributed by atoms with van der Waals surface area (Å²) in [5.41, 5.74) is 0.0386. The zero-order valence-corrected chi connectivity index (χ0v) is 17.4. The molecule has 3 rings (SSSR count). The lowest BCUT2D eigenvalue weighted by Crippen LogP contribution is -2.62. The van der Waals surface area contributed by atoms with E-state index in [1.807, 2.05) is 0 Å². The van der Waals surface area contributed by atoms with E-state index in [1.165, 1.54) is 0 Å². The van der Waals surface area contributed by atoms with Gasteiger partial charge in [-0.15, -0.1) is 0 Å². The predicted octanol–water partition coefficient (Wildman–Crippen LogP) is 1.01. The highest BCUT2D eigenvalue weighted by Crippen LogP contribution is 2.28. The van der Waals surface area contributed by atoms with Crippen LogP contribution in [-0.2, 0) is 16.0 Å². The highest BCUT2D eigenvalue weighted by Gasteiger charge is 2.38. The van der Waals surface area contributed by atoms with Crippen LogP contribution in [-0.4, -0.2) is 45.7 Å². The fourth-order valence-electron chi connectivity index (χ4n) is 4.40. The summed E-state index contributed by atoms with van der Waals surface area (Å²) in [4.78, 5) is 36.5. The van der Waals surface area contributed by atoms with Crippen LogP contribution in [0.3, 0.4) is 0 Å². The highest BCUT2D eigenvalue weighted by molar-refractivity contribution is 5.90. The SMILES string of the molecule is CC1(C)CC(NC(=O)CNC(=O)Cc2n[nH]c(=O)c3ccccc23)CC(C)(C)N1. The molecule has 0 atom stereocenters. The van der Waals surface area contributed by atoms with Crippen molar-refractivity contribution >= 4 is 22.6 Å². The van der Waals surface area contributed by atoms with Crippen molar-refractivity contribution in [2.75, 3.05) is 6.54 Å². The lowest BCUT2D eigenvalue weighted by Gasteiger charge is -2.46. The molecule has 29 heavy (non-hydrogen) atoms. The van der Waals surface area contributed by atoms with Crippen molar-refractivity contribution in [1.82, 2.24) is 26.1 Å². The predicted molar refractivity (Wildman–Crippen MR) is 112 cm³/mol. The van der Waals surface area contributed by atoms with Gasteiger partial charge in [-0.2, -0.15) is 5.10 Å². The third-order valence-corrected chi connectivity index (χ3v) is 5.10. The van der Waals surface area contributed by atoms with Crippen LogP contribution in [0.5, 0.6) is 0 Å². The lowest BCUT2D eigenvalue weighted by atomic mass is 9.79. The number of fused-ring (bicyclic) bond motifs is 1. The second-order valence-corrected chi connectivity index (χ2v) is 9.06. The van der Waals surface area contributed by atoms with Gasteiger partial charge in [0.25, 0.3) is 5.56 Å². The Morgan fingerprint density at radius 1 is 1.07 bits per heavy atom. The quantitative estimate of drug-likeness (QED) is 0.599. The molecule has 0 aliphatic carbocycles. The number of rotatable bonds is 5. The maximum atomic E-state index is 12.3. The van der Waals surface area contributed by atoms with Gasteiger partial charge in [0.15, 0.2) is 0 Å². The zero-order valence-electron chi connectivity index (χ0n) is 17.4. The molecular weight excluding hydrogens is 370 g/mol. The molecule has 1 aromatic heterocycles. The Kier molecular flexibility index (Phi) is 5.75. The first-order valence-corrected chi connectivity index (χ1v) is 9.86. The number of carbonyl (C=O) groups is 2. The number of hydrogen-bond donors (Lipinski definition) is 4. The molecule has 1 aromatic carbocycles. The summed E-state index contributed by atoms with van der Waals surface area (Å²) < 4.78 is 0. The number of nitrogens with one attached hydrogen (secondary N) is 4. The highest BCUT2D eigenvalue weighted by atomic mass is 16.2. The number of aromatic amines is 1. The second kappa shape index (κ2) is 7.94. The van der Waals surface area contributed by atoms with Crippen molar-refractivity contribution in [3.63, 3.8) is 0 Å². The van der Waals surface area contributed by atoms with Crippen LogP contribution >= 0.6 is 0 Å². The molecule has 8 heteroatoms. The number of nitrogens with zero attached hydrogens (tertiary/aromatic N) is 1. The third kappa shape index (κ3) is 5.41. The standard InChI is InChI=1S/C21H29N5O3/c1-20(2)10-13(11-21(3,4)26-20)23-18(28)12-22-17(27)9-16-14-7-5-6-8-15(14)19(29)25-24-16/h5-8,13,26H,9-12H2,1-4H3,(H,22,27)(H,23,28)(H,25,29). The summed E-state index contributed by atoms with van der Waals surface area (Å²) in [6.07, 6.45) is 1.63. The molecule has 156 valence electrons. The molecule has 0 radical (unpaired) electrons. The number of carbonyl (C=O) groups excluding carboxylic acids is 2. The molecule has 2 aromatic rings. The molecule has 2 amide bonds. The Morgan fingerprint density at radius 3 is 2.34 bits per heavy atom. The summed E-state index contributed by atoms with van der Waals surface area (Å²) in [7, 11) is 0. The van der Waals surface area contributed by atoms with E-state index in [9.17, 15) is 14.4 Å². The lowest BCUT2D eigenvalue weighted by molar-refractivity contribution is -0.126. The average Bonchev–Trinajstić information content (AvgIpc) is 2.60. The van der Waals surface area contributed by atoms with Crippen LogP contribution in [0.4, 0.5) is 0 Å². The summed E-state index contributed by atoms with van der Waals surface area (Å²) in [6, 6.07) is 7.05. The van der Waals surface area contributed by atoms with Gasteiger partial charge in [0, 0.05) is 22.5 Å². The van der Waals surface area contributed by atoms with Gasteiger partial charge in [-0.3, -0.25) is 14.4 Å². The monoisotopic (exact) mass is 399 g/mol. The maximum absolute atomic E-state index is 12.3. The van der Waals surface area contributed by atoms with Crippen LogP contribution in [0, 0.1) is 0 Å². The van der Waals surface area contributed by atoms with Crippen molar-refractivity contribution in [3.05, 3.63) is 40.3 Å². The first kappa shape index (κ1) is 21.0. The summed E-state index contributed by atoms with van der Waals surface area (Å²) in [5.74, 6) is -0.535. The van der Waals surface area contributed by atoms with Gasteiger partial charge < -0.3 is 16.0 Å². The van der Waals surface area contributed by atoms with Crippen molar-refractivity contribution in [3.8, 4) is 0 Å². The Hall–Kier alpha value is -2.74. The molecule has 0 saturated carbocycles. The van der Waals surface area contributed by atoms with E-state index in [0.29, 0.717) is 16.5 Å². The molecule has 0 bridgehead atoms. The molecule has 0 spiro atoms. The number of amides is 2. The summed E-state index contributed by atoms with van der Waals surface area (Å²) in [6.45, 7) is 8.39. The topological polar surface area (TPSA) is 116 Å². The van der Waals surface area contributed by atoms with Crippen LogP contribution in [0.2, 0.25) is 0 Å². The second-order valence-electron chi connectivity index (χ2n) is 9.06. The molecule has 8 nitrogen and oxygen atoms in total. The van der Waals surface area contributed by atoms with Gasteiger partial charge in [-0.25, -0.2) is 5.10 Å². The van der Waals surface area contributed by atoms with Crippen molar-refractivity contribution in [2.45, 2.75) is 64.1 Å². The van der Waals surface area contributed by atoms with Gasteiger partial charge >= 0.3 is 0 Å². The van der Waals surface area contributed by atoms with Crippen molar-refractivity contribution in [2.24, 2.45) is 0 Å². The summed E-state index contributed by atoms with van der Waals surface area (Å²) in [5, 5.41) is 16.8. The number of H-pyrrole nitrogens is 1. The van der Waals surface area contributed by atoms with Gasteiger partial charge in [0.1, 0.15) is 0 Å². The molecule has 1 aliphatic rings. The third-order valence-electron chi connectivity index (χ3n) is 5.10. The first-order chi connectivity index (χ1) is 13.5. The molecule has 1 saturated heterocycles. The van der Waals surface area contributed by atoms with Crippen LogP contribution in [0.15, 0.2) is 29.1 Å². The molecular formula is C21H29N5O3. The Bertz CT molecular complexity index is 964. The summed E-state index contributed by atoms with van der Waals surface area (Å²) >= 11 is 0. The van der Waals surface area contributed by atoms with Gasteiger partial charge in [0.05, 0.1) is 24.0 Å². The fourth-order valence-corrected chi connectivity index (χ4v) is 4.40. The van der Waals surface area contributed by atoms with E-state index in [1.54, 1.807) is 24.3 Å². The van der Waals surface area contributed by atoms with E-state index in [0.717, 1.165) is 12.8 Å². The van der Waals surface area contributed by atoms with Crippen LogP contribution in [0.25, 0.3) is 10.8 Å². The number of piperidine rings is 1. The van der Waals surface area contributed by atoms with E-state index in [-0.39, 0.29) is 47.5 Å². The minimum Gasteiger partial charge on any atom is -0.352 e. The maximum Gasteiger partial charge on any atom is 0.272 e. The van der Waals surface area contributed by atoms with Gasteiger partial charge in [-0.05, 0) is 46.6 Å². The minimum atomic E-state index is -0.323. The molecule has 4 N–H and O–H groups in total. The van der Waals surface area contributed by atoms with Crippen molar-refractivity contribution in [1.29, 1.82) is 0 Å². The molecule has 0 unspecified atom stereocenters. The minimum absolute atomic E-state index is 0.0159. The average molecular weight is 399 g/mol. The van der Waals surface area contributed by atoms with E-state index in [2.05, 4.69) is 53.8 Å². The van der Waals surface area contributed by atoms with Crippen LogP contribution < -0.4 is 21.5 Å².